The highest BCUT2D eigenvalue weighted by Crippen LogP contribution is 2.20. The number of fused-ring (bicyclic) bond motifs is 1. The first-order chi connectivity index (χ1) is 14.6. The molecule has 0 fully saturated rings. The van der Waals surface area contributed by atoms with Crippen molar-refractivity contribution in [2.45, 2.75) is 20.0 Å². The number of amides is 1. The quantitative estimate of drug-likeness (QED) is 0.492. The Balaban J connectivity index is 1.40. The summed E-state index contributed by atoms with van der Waals surface area (Å²) in [6.45, 7) is 2.75. The Morgan fingerprint density at radius 2 is 2.00 bits per heavy atom. The van der Waals surface area contributed by atoms with Gasteiger partial charge in [0.05, 0.1) is 11.3 Å². The van der Waals surface area contributed by atoms with Gasteiger partial charge in [-0.25, -0.2) is 4.98 Å². The molecule has 2 aromatic carbocycles. The number of nitrogens with one attached hydrogen (secondary N) is 1. The molecule has 2 N–H and O–H groups in total. The van der Waals surface area contributed by atoms with E-state index in [4.69, 9.17) is 4.74 Å². The maximum atomic E-state index is 12.7. The van der Waals surface area contributed by atoms with Gasteiger partial charge >= 0.3 is 0 Å². The third kappa shape index (κ3) is 4.43. The molecule has 0 bridgehead atoms. The lowest BCUT2D eigenvalue weighted by Gasteiger charge is -2.11. The zero-order chi connectivity index (χ0) is 20.9. The molecule has 4 aromatic rings. The van der Waals surface area contributed by atoms with Gasteiger partial charge in [-0.3, -0.25) is 4.79 Å². The van der Waals surface area contributed by atoms with Crippen molar-refractivity contribution >= 4 is 11.6 Å². The zero-order valence-electron chi connectivity index (χ0n) is 16.7. The van der Waals surface area contributed by atoms with Crippen LogP contribution >= 0.6 is 0 Å². The summed E-state index contributed by atoms with van der Waals surface area (Å²) in [5.41, 5.74) is 4.23. The lowest BCUT2D eigenvalue weighted by Crippen LogP contribution is -2.26. The van der Waals surface area contributed by atoms with Crippen molar-refractivity contribution in [2.75, 3.05) is 6.54 Å². The molecule has 6 nitrogen and oxygen atoms in total. The first kappa shape index (κ1) is 19.5. The number of aromatic hydroxyl groups is 1. The molecule has 152 valence electrons. The van der Waals surface area contributed by atoms with Crippen LogP contribution in [0.4, 0.5) is 0 Å². The van der Waals surface area contributed by atoms with Crippen molar-refractivity contribution < 1.29 is 14.6 Å². The molecule has 2 heterocycles. The van der Waals surface area contributed by atoms with Crippen LogP contribution in [0.1, 0.15) is 27.2 Å². The molecule has 0 aliphatic heterocycles. The largest absolute Gasteiger partial charge is 0.508 e. The Morgan fingerprint density at radius 1 is 1.13 bits per heavy atom. The van der Waals surface area contributed by atoms with Crippen molar-refractivity contribution in [1.82, 2.24) is 14.7 Å². The molecule has 0 aliphatic rings. The second-order valence-corrected chi connectivity index (χ2v) is 7.11. The average molecular weight is 401 g/mol. The fourth-order valence-electron chi connectivity index (χ4n) is 3.33. The van der Waals surface area contributed by atoms with Crippen LogP contribution in [0.2, 0.25) is 0 Å². The summed E-state index contributed by atoms with van der Waals surface area (Å²) in [6.07, 6.45) is 4.51. The van der Waals surface area contributed by atoms with Crippen molar-refractivity contribution in [2.24, 2.45) is 0 Å². The Labute approximate surface area is 174 Å². The van der Waals surface area contributed by atoms with Crippen molar-refractivity contribution in [3.63, 3.8) is 0 Å². The van der Waals surface area contributed by atoms with Crippen LogP contribution in [-0.4, -0.2) is 26.9 Å². The lowest BCUT2D eigenvalue weighted by molar-refractivity contribution is 0.0949. The number of carbonyl (C=O) groups excluding carboxylic acids is 1. The van der Waals surface area contributed by atoms with Gasteiger partial charge < -0.3 is 19.6 Å². The van der Waals surface area contributed by atoms with E-state index < -0.39 is 0 Å². The smallest absolute Gasteiger partial charge is 0.255 e. The number of hydrogen-bond donors (Lipinski definition) is 2. The maximum absolute atomic E-state index is 12.7. The number of imidazole rings is 1. The van der Waals surface area contributed by atoms with Crippen molar-refractivity contribution in [3.8, 4) is 11.5 Å². The van der Waals surface area contributed by atoms with Gasteiger partial charge in [-0.2, -0.15) is 0 Å². The number of aryl methyl sites for hydroxylation is 1. The Kier molecular flexibility index (Phi) is 5.66. The second-order valence-electron chi connectivity index (χ2n) is 7.11. The monoisotopic (exact) mass is 401 g/mol. The van der Waals surface area contributed by atoms with Gasteiger partial charge in [0.1, 0.15) is 23.8 Å². The molecule has 0 saturated carbocycles. The molecule has 0 radical (unpaired) electrons. The standard InChI is InChI=1S/C24H23N3O3/c1-17-6-5-13-27-15-19(26-23(17)27)16-30-22-10-3-2-9-21(22)24(29)25-12-11-18-7-4-8-20(28)14-18/h2-10,13-15,28H,11-12,16H2,1H3,(H,25,29). The van der Waals surface area contributed by atoms with Gasteiger partial charge in [0.2, 0.25) is 0 Å². The van der Waals surface area contributed by atoms with Crippen LogP contribution in [0, 0.1) is 6.92 Å². The average Bonchev–Trinajstić information content (AvgIpc) is 3.17. The molecule has 0 aliphatic carbocycles. The molecule has 0 atom stereocenters. The summed E-state index contributed by atoms with van der Waals surface area (Å²) in [7, 11) is 0. The first-order valence-electron chi connectivity index (χ1n) is 9.81. The Hall–Kier alpha value is -3.80. The number of aromatic nitrogens is 2. The number of ether oxygens (including phenoxy) is 1. The van der Waals surface area contributed by atoms with Crippen LogP contribution < -0.4 is 10.1 Å². The predicted octanol–water partition coefficient (Wildman–Crippen LogP) is 3.90. The summed E-state index contributed by atoms with van der Waals surface area (Å²) < 4.78 is 7.89. The zero-order valence-corrected chi connectivity index (χ0v) is 16.7. The van der Waals surface area contributed by atoms with E-state index in [-0.39, 0.29) is 18.3 Å². The number of pyridine rings is 1. The highest BCUT2D eigenvalue weighted by molar-refractivity contribution is 5.96. The SMILES string of the molecule is Cc1cccn2cc(COc3ccccc3C(=O)NCCc3cccc(O)c3)nc12. The van der Waals surface area contributed by atoms with Crippen LogP contribution in [0.25, 0.3) is 5.65 Å². The summed E-state index contributed by atoms with van der Waals surface area (Å²) in [6, 6.07) is 18.2. The molecule has 0 unspecified atom stereocenters. The number of hydrogen-bond acceptors (Lipinski definition) is 4. The molecular weight excluding hydrogens is 378 g/mol. The molecule has 0 spiro atoms. The second kappa shape index (κ2) is 8.69. The van der Waals surface area contributed by atoms with Gasteiger partial charge in [-0.1, -0.05) is 30.3 Å². The van der Waals surface area contributed by atoms with E-state index in [1.165, 1.54) is 0 Å². The molecule has 4 rings (SSSR count). The topological polar surface area (TPSA) is 75.9 Å². The van der Waals surface area contributed by atoms with Gasteiger partial charge in [-0.15, -0.1) is 0 Å². The summed E-state index contributed by atoms with van der Waals surface area (Å²) in [4.78, 5) is 17.3. The van der Waals surface area contributed by atoms with Crippen molar-refractivity contribution in [3.05, 3.63) is 95.4 Å². The fraction of sp³-hybridized carbons (Fsp3) is 0.167. The van der Waals surface area contributed by atoms with Crippen molar-refractivity contribution in [1.29, 1.82) is 0 Å². The Morgan fingerprint density at radius 3 is 2.83 bits per heavy atom. The molecule has 1 amide bonds. The molecular formula is C24H23N3O3. The number of carbonyl (C=O) groups is 1. The summed E-state index contributed by atoms with van der Waals surface area (Å²) in [5.74, 6) is 0.539. The fourth-order valence-corrected chi connectivity index (χ4v) is 3.33. The summed E-state index contributed by atoms with van der Waals surface area (Å²) >= 11 is 0. The predicted molar refractivity (Wildman–Crippen MR) is 115 cm³/mol. The number of phenols is 1. The number of benzene rings is 2. The minimum atomic E-state index is -0.198. The number of para-hydroxylation sites is 1. The minimum Gasteiger partial charge on any atom is -0.508 e. The maximum Gasteiger partial charge on any atom is 0.255 e. The van der Waals surface area contributed by atoms with E-state index in [1.807, 2.05) is 54.0 Å². The van der Waals surface area contributed by atoms with Crippen LogP contribution in [0.3, 0.4) is 0 Å². The van der Waals surface area contributed by atoms with E-state index in [0.717, 1.165) is 22.5 Å². The minimum absolute atomic E-state index is 0.198. The highest BCUT2D eigenvalue weighted by Gasteiger charge is 2.13. The summed E-state index contributed by atoms with van der Waals surface area (Å²) in [5, 5.41) is 12.5. The van der Waals surface area contributed by atoms with Gasteiger partial charge in [0, 0.05) is 18.9 Å². The first-order valence-corrected chi connectivity index (χ1v) is 9.81. The van der Waals surface area contributed by atoms with Gasteiger partial charge in [0.25, 0.3) is 5.91 Å². The van der Waals surface area contributed by atoms with E-state index in [2.05, 4.69) is 10.3 Å². The van der Waals surface area contributed by atoms with E-state index in [9.17, 15) is 9.90 Å². The van der Waals surface area contributed by atoms with E-state index >= 15 is 0 Å². The van der Waals surface area contributed by atoms with Crippen LogP contribution in [0.5, 0.6) is 11.5 Å². The molecule has 6 heteroatoms. The van der Waals surface area contributed by atoms with Gasteiger partial charge in [0.15, 0.2) is 0 Å². The molecule has 0 saturated heterocycles. The van der Waals surface area contributed by atoms with E-state index in [1.54, 1.807) is 30.3 Å². The van der Waals surface area contributed by atoms with Crippen LogP contribution in [0.15, 0.2) is 73.1 Å². The Bertz CT molecular complexity index is 1180. The number of rotatable bonds is 7. The van der Waals surface area contributed by atoms with Crippen LogP contribution in [-0.2, 0) is 13.0 Å². The third-order valence-corrected chi connectivity index (χ3v) is 4.84. The lowest BCUT2D eigenvalue weighted by atomic mass is 10.1. The normalized spacial score (nSPS) is 10.8. The molecule has 2 aromatic heterocycles. The molecule has 30 heavy (non-hydrogen) atoms. The number of nitrogens with zero attached hydrogens (tertiary/aromatic N) is 2. The number of phenolic OH excluding ortho intramolecular Hbond substituents is 1. The van der Waals surface area contributed by atoms with E-state index in [0.29, 0.717) is 24.3 Å². The highest BCUT2D eigenvalue weighted by atomic mass is 16.5. The van der Waals surface area contributed by atoms with Gasteiger partial charge in [-0.05, 0) is 54.8 Å². The third-order valence-electron chi connectivity index (χ3n) is 4.84.